The van der Waals surface area contributed by atoms with Gasteiger partial charge in [-0.25, -0.2) is 4.79 Å². The van der Waals surface area contributed by atoms with E-state index >= 15 is 0 Å². The minimum absolute atomic E-state index is 0.0546. The average molecular weight is 322 g/mol. The summed E-state index contributed by atoms with van der Waals surface area (Å²) in [6.07, 6.45) is 10.1. The van der Waals surface area contributed by atoms with Crippen LogP contribution in [-0.4, -0.2) is 44.2 Å². The Bertz CT molecular complexity index is 417. The van der Waals surface area contributed by atoms with Gasteiger partial charge in [0.25, 0.3) is 0 Å². The van der Waals surface area contributed by atoms with Gasteiger partial charge in [-0.15, -0.1) is 0 Å². The second kappa shape index (κ2) is 10.3. The lowest BCUT2D eigenvalue weighted by molar-refractivity contribution is -0.121. The second-order valence-electron chi connectivity index (χ2n) is 6.43. The Morgan fingerprint density at radius 3 is 2.74 bits per heavy atom. The Morgan fingerprint density at radius 1 is 1.17 bits per heavy atom. The zero-order valence-corrected chi connectivity index (χ0v) is 14.0. The number of hydrogen-bond donors (Lipinski definition) is 4. The molecule has 2 rings (SSSR count). The maximum Gasteiger partial charge on any atom is 0.315 e. The van der Waals surface area contributed by atoms with Crippen LogP contribution in [0, 0.1) is 0 Å². The van der Waals surface area contributed by atoms with Crippen LogP contribution in [0.5, 0.6) is 0 Å². The van der Waals surface area contributed by atoms with Gasteiger partial charge in [-0.1, -0.05) is 30.9 Å². The van der Waals surface area contributed by atoms with Gasteiger partial charge in [0.05, 0.1) is 0 Å². The largest absolute Gasteiger partial charge is 0.352 e. The summed E-state index contributed by atoms with van der Waals surface area (Å²) >= 11 is 0. The molecule has 6 heteroatoms. The number of rotatable bonds is 7. The van der Waals surface area contributed by atoms with Crippen molar-refractivity contribution < 1.29 is 9.59 Å². The smallest absolute Gasteiger partial charge is 0.315 e. The van der Waals surface area contributed by atoms with E-state index in [9.17, 15) is 9.59 Å². The molecule has 0 aromatic carbocycles. The molecule has 0 saturated heterocycles. The molecule has 4 N–H and O–H groups in total. The number of carbonyl (C=O) groups excluding carboxylic acids is 2. The summed E-state index contributed by atoms with van der Waals surface area (Å²) in [5.41, 5.74) is 1.29. The highest BCUT2D eigenvalue weighted by atomic mass is 16.2. The molecule has 0 aromatic rings. The first-order chi connectivity index (χ1) is 11.2. The number of urea groups is 1. The Morgan fingerprint density at radius 2 is 2.00 bits per heavy atom. The van der Waals surface area contributed by atoms with Crippen molar-refractivity contribution >= 4 is 11.9 Å². The van der Waals surface area contributed by atoms with Gasteiger partial charge in [0, 0.05) is 32.1 Å². The van der Waals surface area contributed by atoms with E-state index in [2.05, 4.69) is 27.3 Å². The van der Waals surface area contributed by atoms with E-state index < -0.39 is 0 Å². The van der Waals surface area contributed by atoms with E-state index in [1.165, 1.54) is 24.8 Å². The van der Waals surface area contributed by atoms with E-state index in [0.29, 0.717) is 32.0 Å². The molecule has 6 nitrogen and oxygen atoms in total. The zero-order valence-electron chi connectivity index (χ0n) is 14.0. The van der Waals surface area contributed by atoms with Crippen LogP contribution in [0.3, 0.4) is 0 Å². The second-order valence-corrected chi connectivity index (χ2v) is 6.43. The molecular weight excluding hydrogens is 292 g/mol. The van der Waals surface area contributed by atoms with E-state index in [-0.39, 0.29) is 11.9 Å². The zero-order chi connectivity index (χ0) is 16.3. The maximum absolute atomic E-state index is 11.8. The Kier molecular flexibility index (Phi) is 7.93. The molecule has 0 atom stereocenters. The molecule has 0 unspecified atom stereocenters. The standard InChI is InChI=1S/C17H30N4O2/c22-16(20-13-14-8-11-18-12-9-14)7-4-10-19-17(23)21-15-5-2-1-3-6-15/h8,15,18H,1-7,9-13H2,(H,20,22)(H2,19,21,23). The van der Waals surface area contributed by atoms with Crippen LogP contribution in [-0.2, 0) is 4.79 Å². The van der Waals surface area contributed by atoms with Gasteiger partial charge in [0.2, 0.25) is 5.91 Å². The van der Waals surface area contributed by atoms with Crippen molar-refractivity contribution in [2.24, 2.45) is 0 Å². The predicted octanol–water partition coefficient (Wildman–Crippen LogP) is 1.43. The SMILES string of the molecule is O=C(CCCNC(=O)NC1CCCCC1)NCC1=CCNCC1. The summed E-state index contributed by atoms with van der Waals surface area (Å²) in [6, 6.07) is 0.225. The summed E-state index contributed by atoms with van der Waals surface area (Å²) < 4.78 is 0. The summed E-state index contributed by atoms with van der Waals surface area (Å²) in [7, 11) is 0. The molecule has 2 aliphatic rings. The molecule has 1 fully saturated rings. The lowest BCUT2D eigenvalue weighted by atomic mass is 9.96. The monoisotopic (exact) mass is 322 g/mol. The highest BCUT2D eigenvalue weighted by molar-refractivity contribution is 5.76. The molecule has 23 heavy (non-hydrogen) atoms. The molecule has 1 aliphatic carbocycles. The number of nitrogens with one attached hydrogen (secondary N) is 4. The maximum atomic E-state index is 11.8. The van der Waals surface area contributed by atoms with E-state index in [4.69, 9.17) is 0 Å². The molecule has 1 heterocycles. The summed E-state index contributed by atoms with van der Waals surface area (Å²) in [5.74, 6) is 0.0546. The van der Waals surface area contributed by atoms with Crippen molar-refractivity contribution in [2.45, 2.75) is 57.4 Å². The normalized spacial score (nSPS) is 18.9. The van der Waals surface area contributed by atoms with Crippen LogP contribution in [0.25, 0.3) is 0 Å². The van der Waals surface area contributed by atoms with Gasteiger partial charge in [-0.05, 0) is 32.2 Å². The third-order valence-corrected chi connectivity index (χ3v) is 4.48. The van der Waals surface area contributed by atoms with Gasteiger partial charge in [0.15, 0.2) is 0 Å². The van der Waals surface area contributed by atoms with Crippen molar-refractivity contribution in [1.82, 2.24) is 21.3 Å². The van der Waals surface area contributed by atoms with Crippen LogP contribution in [0.4, 0.5) is 4.79 Å². The van der Waals surface area contributed by atoms with E-state index in [0.717, 1.165) is 32.4 Å². The van der Waals surface area contributed by atoms with Crippen LogP contribution < -0.4 is 21.3 Å². The predicted molar refractivity (Wildman–Crippen MR) is 91.2 cm³/mol. The molecule has 3 amide bonds. The minimum atomic E-state index is -0.0998. The van der Waals surface area contributed by atoms with Crippen LogP contribution in [0.1, 0.15) is 51.4 Å². The fourth-order valence-corrected chi connectivity index (χ4v) is 3.06. The summed E-state index contributed by atoms with van der Waals surface area (Å²) in [5, 5.41) is 12.0. The quantitative estimate of drug-likeness (QED) is 0.423. The third-order valence-electron chi connectivity index (χ3n) is 4.48. The van der Waals surface area contributed by atoms with Crippen molar-refractivity contribution in [3.05, 3.63) is 11.6 Å². The van der Waals surface area contributed by atoms with Gasteiger partial charge >= 0.3 is 6.03 Å². The Balaban J connectivity index is 1.48. The molecule has 1 saturated carbocycles. The van der Waals surface area contributed by atoms with Crippen molar-refractivity contribution in [3.63, 3.8) is 0 Å². The molecule has 1 aliphatic heterocycles. The fraction of sp³-hybridized carbons (Fsp3) is 0.765. The highest BCUT2D eigenvalue weighted by Crippen LogP contribution is 2.17. The lowest BCUT2D eigenvalue weighted by Crippen LogP contribution is -2.43. The topological polar surface area (TPSA) is 82.3 Å². The fourth-order valence-electron chi connectivity index (χ4n) is 3.06. The minimum Gasteiger partial charge on any atom is -0.352 e. The van der Waals surface area contributed by atoms with Gasteiger partial charge in [0.1, 0.15) is 0 Å². The molecular formula is C17H30N4O2. The Labute approximate surface area is 138 Å². The molecule has 130 valence electrons. The van der Waals surface area contributed by atoms with E-state index in [1.54, 1.807) is 0 Å². The van der Waals surface area contributed by atoms with Crippen LogP contribution in [0.2, 0.25) is 0 Å². The highest BCUT2D eigenvalue weighted by Gasteiger charge is 2.15. The number of amides is 3. The Hall–Kier alpha value is -1.56. The summed E-state index contributed by atoms with van der Waals surface area (Å²) in [6.45, 7) is 3.07. The van der Waals surface area contributed by atoms with Crippen molar-refractivity contribution in [1.29, 1.82) is 0 Å². The molecule has 0 aromatic heterocycles. The lowest BCUT2D eigenvalue weighted by Gasteiger charge is -2.22. The van der Waals surface area contributed by atoms with Crippen molar-refractivity contribution in [3.8, 4) is 0 Å². The average Bonchev–Trinajstić information content (AvgIpc) is 2.59. The van der Waals surface area contributed by atoms with Gasteiger partial charge in [-0.2, -0.15) is 0 Å². The molecule has 0 radical (unpaired) electrons. The van der Waals surface area contributed by atoms with E-state index in [1.807, 2.05) is 0 Å². The van der Waals surface area contributed by atoms with Crippen LogP contribution in [0.15, 0.2) is 11.6 Å². The first kappa shape index (κ1) is 17.8. The molecule has 0 spiro atoms. The third kappa shape index (κ3) is 7.50. The van der Waals surface area contributed by atoms with Crippen molar-refractivity contribution in [2.75, 3.05) is 26.2 Å². The van der Waals surface area contributed by atoms with Crippen LogP contribution >= 0.6 is 0 Å². The number of carbonyl (C=O) groups is 2. The first-order valence-electron chi connectivity index (χ1n) is 8.94. The van der Waals surface area contributed by atoms with Gasteiger partial charge < -0.3 is 21.3 Å². The summed E-state index contributed by atoms with van der Waals surface area (Å²) in [4.78, 5) is 23.5. The molecule has 0 bridgehead atoms. The first-order valence-corrected chi connectivity index (χ1v) is 8.94. The van der Waals surface area contributed by atoms with Gasteiger partial charge in [-0.3, -0.25) is 4.79 Å². The number of hydrogen-bond acceptors (Lipinski definition) is 3.